The summed E-state index contributed by atoms with van der Waals surface area (Å²) >= 11 is 5.80. The van der Waals surface area contributed by atoms with Gasteiger partial charge in [-0.05, 0) is 24.6 Å². The first kappa shape index (κ1) is 15.5. The van der Waals surface area contributed by atoms with Crippen molar-refractivity contribution in [2.45, 2.75) is 26.8 Å². The van der Waals surface area contributed by atoms with Crippen LogP contribution < -0.4 is 5.32 Å². The highest BCUT2D eigenvalue weighted by Gasteiger charge is 2.26. The lowest BCUT2D eigenvalue weighted by molar-refractivity contribution is -0.146. The first-order valence-electron chi connectivity index (χ1n) is 6.11. The van der Waals surface area contributed by atoms with Crippen LogP contribution in [0.1, 0.15) is 32.4 Å². The number of carboxylic acids is 1. The molecular formula is C14H18ClNO3. The zero-order valence-corrected chi connectivity index (χ0v) is 11.9. The van der Waals surface area contributed by atoms with E-state index in [4.69, 9.17) is 16.7 Å². The van der Waals surface area contributed by atoms with E-state index in [-0.39, 0.29) is 11.9 Å². The lowest BCUT2D eigenvalue weighted by atomic mass is 9.94. The maximum absolute atomic E-state index is 11.9. The van der Waals surface area contributed by atoms with E-state index < -0.39 is 17.8 Å². The van der Waals surface area contributed by atoms with Crippen molar-refractivity contribution in [1.82, 2.24) is 5.32 Å². The minimum absolute atomic E-state index is 0.187. The van der Waals surface area contributed by atoms with E-state index in [1.54, 1.807) is 19.1 Å². The minimum Gasteiger partial charge on any atom is -0.481 e. The predicted molar refractivity (Wildman–Crippen MR) is 74.0 cm³/mol. The second-order valence-electron chi connectivity index (χ2n) is 4.70. The molecule has 0 bridgehead atoms. The molecule has 1 amide bonds. The van der Waals surface area contributed by atoms with Crippen molar-refractivity contribution in [3.05, 3.63) is 34.9 Å². The molecule has 0 aliphatic carbocycles. The van der Waals surface area contributed by atoms with Gasteiger partial charge < -0.3 is 10.4 Å². The van der Waals surface area contributed by atoms with Gasteiger partial charge in [0, 0.05) is 10.9 Å². The lowest BCUT2D eigenvalue weighted by Crippen LogP contribution is -2.36. The average Bonchev–Trinajstić information content (AvgIpc) is 2.37. The molecule has 19 heavy (non-hydrogen) atoms. The molecule has 0 radical (unpaired) electrons. The molecule has 0 aliphatic heterocycles. The number of aliphatic carboxylic acids is 1. The summed E-state index contributed by atoms with van der Waals surface area (Å²) in [5.41, 5.74) is 0.924. The molecule has 2 N–H and O–H groups in total. The van der Waals surface area contributed by atoms with Crippen molar-refractivity contribution in [2.75, 3.05) is 0 Å². The highest BCUT2D eigenvalue weighted by Crippen LogP contribution is 2.18. The third-order valence-corrected chi connectivity index (χ3v) is 3.53. The summed E-state index contributed by atoms with van der Waals surface area (Å²) < 4.78 is 0. The molecule has 0 aromatic heterocycles. The summed E-state index contributed by atoms with van der Waals surface area (Å²) in [6.45, 7) is 4.99. The minimum atomic E-state index is -0.971. The number of hydrogen-bond donors (Lipinski definition) is 2. The van der Waals surface area contributed by atoms with Crippen LogP contribution in [0.2, 0.25) is 5.02 Å². The fourth-order valence-corrected chi connectivity index (χ4v) is 1.75. The molecule has 0 aliphatic rings. The first-order chi connectivity index (χ1) is 8.82. The van der Waals surface area contributed by atoms with E-state index in [2.05, 4.69) is 5.32 Å². The molecule has 0 saturated carbocycles. The van der Waals surface area contributed by atoms with Crippen LogP contribution in [0.5, 0.6) is 0 Å². The van der Waals surface area contributed by atoms with Gasteiger partial charge in [-0.1, -0.05) is 37.6 Å². The van der Waals surface area contributed by atoms with Gasteiger partial charge in [-0.2, -0.15) is 0 Å². The monoisotopic (exact) mass is 283 g/mol. The zero-order valence-electron chi connectivity index (χ0n) is 11.2. The molecule has 0 spiro atoms. The van der Waals surface area contributed by atoms with E-state index in [0.717, 1.165) is 5.56 Å². The van der Waals surface area contributed by atoms with E-state index in [9.17, 15) is 9.59 Å². The van der Waals surface area contributed by atoms with Crippen LogP contribution in [0.15, 0.2) is 24.3 Å². The molecular weight excluding hydrogens is 266 g/mol. The van der Waals surface area contributed by atoms with Gasteiger partial charge >= 0.3 is 5.97 Å². The molecule has 1 aromatic rings. The molecule has 3 atom stereocenters. The van der Waals surface area contributed by atoms with Crippen LogP contribution in [0.3, 0.4) is 0 Å². The van der Waals surface area contributed by atoms with Crippen molar-refractivity contribution in [1.29, 1.82) is 0 Å². The Kier molecular flexibility index (Phi) is 5.36. The smallest absolute Gasteiger partial charge is 0.307 e. The van der Waals surface area contributed by atoms with Crippen molar-refractivity contribution in [2.24, 2.45) is 11.8 Å². The van der Waals surface area contributed by atoms with Gasteiger partial charge in [-0.25, -0.2) is 0 Å². The Morgan fingerprint density at radius 2 is 1.63 bits per heavy atom. The molecule has 0 fully saturated rings. The fraction of sp³-hybridized carbons (Fsp3) is 0.429. The topological polar surface area (TPSA) is 66.4 Å². The van der Waals surface area contributed by atoms with Gasteiger partial charge in [0.2, 0.25) is 5.91 Å². The summed E-state index contributed by atoms with van der Waals surface area (Å²) in [4.78, 5) is 22.8. The Labute approximate surface area is 117 Å². The number of hydrogen-bond acceptors (Lipinski definition) is 2. The Hall–Kier alpha value is -1.55. The Balaban J connectivity index is 2.66. The van der Waals surface area contributed by atoms with Gasteiger partial charge in [0.15, 0.2) is 0 Å². The normalized spacial score (nSPS) is 15.4. The first-order valence-corrected chi connectivity index (χ1v) is 6.49. The predicted octanol–water partition coefficient (Wildman–Crippen LogP) is 2.87. The van der Waals surface area contributed by atoms with E-state index in [1.807, 2.05) is 19.1 Å². The van der Waals surface area contributed by atoms with Gasteiger partial charge in [0.25, 0.3) is 0 Å². The van der Waals surface area contributed by atoms with Gasteiger partial charge in [-0.3, -0.25) is 9.59 Å². The molecule has 4 nitrogen and oxygen atoms in total. The molecule has 5 heteroatoms. The molecule has 104 valence electrons. The van der Waals surface area contributed by atoms with Crippen LogP contribution in [-0.4, -0.2) is 17.0 Å². The van der Waals surface area contributed by atoms with Crippen LogP contribution in [0.25, 0.3) is 0 Å². The maximum Gasteiger partial charge on any atom is 0.307 e. The second kappa shape index (κ2) is 6.57. The van der Waals surface area contributed by atoms with Crippen LogP contribution in [0, 0.1) is 11.8 Å². The number of halogens is 1. The van der Waals surface area contributed by atoms with E-state index in [1.165, 1.54) is 6.92 Å². The standard InChI is InChI=1S/C14H18ClNO3/c1-8(9(2)14(18)19)13(17)16-10(3)11-4-6-12(15)7-5-11/h4-10H,1-3H3,(H,16,17)(H,18,19)/t8?,9?,10-/m0/s1. The maximum atomic E-state index is 11.9. The summed E-state index contributed by atoms with van der Waals surface area (Å²) in [7, 11) is 0. The van der Waals surface area contributed by atoms with Crippen molar-refractivity contribution in [3.63, 3.8) is 0 Å². The third-order valence-electron chi connectivity index (χ3n) is 3.28. The highest BCUT2D eigenvalue weighted by molar-refractivity contribution is 6.30. The van der Waals surface area contributed by atoms with Crippen LogP contribution in [0.4, 0.5) is 0 Å². The highest BCUT2D eigenvalue weighted by atomic mass is 35.5. The van der Waals surface area contributed by atoms with Crippen LogP contribution in [-0.2, 0) is 9.59 Å². The van der Waals surface area contributed by atoms with Gasteiger partial charge in [-0.15, -0.1) is 0 Å². The van der Waals surface area contributed by atoms with Gasteiger partial charge in [0.1, 0.15) is 0 Å². The van der Waals surface area contributed by atoms with Crippen molar-refractivity contribution >= 4 is 23.5 Å². The Bertz CT molecular complexity index is 458. The SMILES string of the molecule is CC(C(=O)O)C(C)C(=O)N[C@@H](C)c1ccc(Cl)cc1. The molecule has 1 aromatic carbocycles. The average molecular weight is 284 g/mol. The molecule has 0 saturated heterocycles. The second-order valence-corrected chi connectivity index (χ2v) is 5.13. The van der Waals surface area contributed by atoms with E-state index in [0.29, 0.717) is 5.02 Å². The summed E-state index contributed by atoms with van der Waals surface area (Å²) in [5, 5.41) is 12.3. The number of carboxylic acid groups (broad SMARTS) is 1. The van der Waals surface area contributed by atoms with Crippen molar-refractivity contribution in [3.8, 4) is 0 Å². The van der Waals surface area contributed by atoms with Gasteiger partial charge in [0.05, 0.1) is 12.0 Å². The summed E-state index contributed by atoms with van der Waals surface area (Å²) in [6, 6.07) is 6.98. The quantitative estimate of drug-likeness (QED) is 0.873. The number of carbonyl (C=O) groups excluding carboxylic acids is 1. The number of nitrogens with one attached hydrogen (secondary N) is 1. The Morgan fingerprint density at radius 3 is 2.11 bits per heavy atom. The number of carbonyl (C=O) groups is 2. The number of rotatable bonds is 5. The molecule has 0 heterocycles. The summed E-state index contributed by atoms with van der Waals surface area (Å²) in [5.74, 6) is -2.52. The van der Waals surface area contributed by atoms with Crippen molar-refractivity contribution < 1.29 is 14.7 Å². The Morgan fingerprint density at radius 1 is 1.11 bits per heavy atom. The zero-order chi connectivity index (χ0) is 14.6. The van der Waals surface area contributed by atoms with Crippen LogP contribution >= 0.6 is 11.6 Å². The van der Waals surface area contributed by atoms with E-state index >= 15 is 0 Å². The lowest BCUT2D eigenvalue weighted by Gasteiger charge is -2.20. The summed E-state index contributed by atoms with van der Waals surface area (Å²) in [6.07, 6.45) is 0. The third kappa shape index (κ3) is 4.24. The largest absolute Gasteiger partial charge is 0.481 e. The number of benzene rings is 1. The molecule has 1 rings (SSSR count). The number of amides is 1. The fourth-order valence-electron chi connectivity index (χ4n) is 1.62. The molecule has 2 unspecified atom stereocenters.